The Hall–Kier alpha value is -1.77. The van der Waals surface area contributed by atoms with E-state index in [2.05, 4.69) is 0 Å². The van der Waals surface area contributed by atoms with E-state index in [4.69, 9.17) is 4.74 Å². The maximum atomic E-state index is 12.3. The van der Waals surface area contributed by atoms with Crippen LogP contribution in [0, 0.1) is 0 Å². The van der Waals surface area contributed by atoms with Crippen LogP contribution in [-0.2, 0) is 6.54 Å². The average Bonchev–Trinajstić information content (AvgIpc) is 2.76. The topological polar surface area (TPSA) is 31.2 Å². The van der Waals surface area contributed by atoms with Gasteiger partial charge in [0.25, 0.3) is 0 Å². The van der Waals surface area contributed by atoms with Crippen LogP contribution in [0.4, 0.5) is 0 Å². The number of aromatic nitrogens is 1. The zero-order chi connectivity index (χ0) is 13.2. The predicted molar refractivity (Wildman–Crippen MR) is 77.2 cm³/mol. The molecule has 3 aromatic rings. The van der Waals surface area contributed by atoms with Crippen LogP contribution >= 0.6 is 0 Å². The third-order valence-corrected chi connectivity index (χ3v) is 5.23. The van der Waals surface area contributed by atoms with Gasteiger partial charge in [-0.15, -0.1) is 0 Å². The first-order valence-corrected chi connectivity index (χ1v) is 7.62. The van der Waals surface area contributed by atoms with Gasteiger partial charge in [-0.2, -0.15) is 0 Å². The molecule has 0 unspecified atom stereocenters. The first-order valence-electron chi connectivity index (χ1n) is 6.00. The van der Waals surface area contributed by atoms with Crippen molar-refractivity contribution >= 4 is 24.4 Å². The summed E-state index contributed by atoms with van der Waals surface area (Å²) in [4.78, 5) is 12.3. The summed E-state index contributed by atoms with van der Waals surface area (Å²) >= 11 is 0.0385. The van der Waals surface area contributed by atoms with E-state index in [-0.39, 0.29) is 20.3 Å². The van der Waals surface area contributed by atoms with Crippen molar-refractivity contribution in [1.29, 1.82) is 0 Å². The molecular formula is C15H13NO2Se. The van der Waals surface area contributed by atoms with Crippen LogP contribution in [0.1, 0.15) is 5.56 Å². The molecule has 3 nitrogen and oxygen atoms in total. The van der Waals surface area contributed by atoms with Crippen LogP contribution in [0.3, 0.4) is 0 Å². The van der Waals surface area contributed by atoms with Gasteiger partial charge < -0.3 is 0 Å². The molecule has 2 aromatic carbocycles. The molecule has 0 bridgehead atoms. The van der Waals surface area contributed by atoms with Crippen LogP contribution < -0.4 is 10.3 Å². The molecule has 0 saturated heterocycles. The summed E-state index contributed by atoms with van der Waals surface area (Å²) in [5, 5.41) is 0.816. The van der Waals surface area contributed by atoms with Gasteiger partial charge in [-0.05, 0) is 0 Å². The molecule has 0 spiro atoms. The molecule has 0 radical (unpaired) electrons. The van der Waals surface area contributed by atoms with E-state index < -0.39 is 0 Å². The molecule has 1 aromatic heterocycles. The zero-order valence-corrected chi connectivity index (χ0v) is 12.2. The first kappa shape index (κ1) is 12.3. The average molecular weight is 318 g/mol. The summed E-state index contributed by atoms with van der Waals surface area (Å²) in [6.07, 6.45) is 0. The molecule has 19 heavy (non-hydrogen) atoms. The second-order valence-corrected chi connectivity index (χ2v) is 6.51. The molecule has 4 heteroatoms. The normalized spacial score (nSPS) is 10.8. The molecule has 0 aliphatic carbocycles. The summed E-state index contributed by atoms with van der Waals surface area (Å²) in [7, 11) is 1.65. The Labute approximate surface area is 117 Å². The van der Waals surface area contributed by atoms with Crippen LogP contribution in [-0.4, -0.2) is 25.4 Å². The molecule has 0 amide bonds. The van der Waals surface area contributed by atoms with Gasteiger partial charge in [-0.1, -0.05) is 0 Å². The molecule has 3 rings (SSSR count). The monoisotopic (exact) mass is 319 g/mol. The Morgan fingerprint density at radius 1 is 1.16 bits per heavy atom. The quantitative estimate of drug-likeness (QED) is 0.693. The molecule has 0 aliphatic heterocycles. The van der Waals surface area contributed by atoms with Crippen molar-refractivity contribution in [3.63, 3.8) is 0 Å². The number of hydrogen-bond donors (Lipinski definition) is 0. The van der Waals surface area contributed by atoms with E-state index in [1.54, 1.807) is 7.11 Å². The SMILES string of the molecule is COc1ccc2c(=O)n(Cc3ccccc3)[se]c2c1. The molecule has 96 valence electrons. The van der Waals surface area contributed by atoms with Crippen molar-refractivity contribution in [1.82, 2.24) is 3.56 Å². The van der Waals surface area contributed by atoms with Gasteiger partial charge in [0, 0.05) is 0 Å². The first-order chi connectivity index (χ1) is 9.28. The third kappa shape index (κ3) is 2.37. The Morgan fingerprint density at radius 2 is 1.95 bits per heavy atom. The van der Waals surface area contributed by atoms with E-state index in [0.717, 1.165) is 21.0 Å². The fourth-order valence-corrected chi connectivity index (χ4v) is 4.24. The minimum atomic E-state index is 0.0385. The van der Waals surface area contributed by atoms with E-state index in [9.17, 15) is 4.79 Å². The van der Waals surface area contributed by atoms with E-state index in [1.165, 1.54) is 0 Å². The van der Waals surface area contributed by atoms with Gasteiger partial charge in [0.05, 0.1) is 0 Å². The second kappa shape index (κ2) is 5.08. The number of ether oxygens (including phenoxy) is 1. The predicted octanol–water partition coefficient (Wildman–Crippen LogP) is 2.12. The van der Waals surface area contributed by atoms with Gasteiger partial charge in [0.1, 0.15) is 0 Å². The zero-order valence-electron chi connectivity index (χ0n) is 10.5. The number of benzene rings is 2. The summed E-state index contributed by atoms with van der Waals surface area (Å²) in [6.45, 7) is 0.677. The van der Waals surface area contributed by atoms with Crippen LogP contribution in [0.25, 0.3) is 9.65 Å². The molecule has 1 heterocycles. The Kier molecular flexibility index (Phi) is 3.28. The second-order valence-electron chi connectivity index (χ2n) is 4.28. The number of rotatable bonds is 3. The molecular weight excluding hydrogens is 305 g/mol. The van der Waals surface area contributed by atoms with E-state index >= 15 is 0 Å². The van der Waals surface area contributed by atoms with Crippen LogP contribution in [0.2, 0.25) is 0 Å². The molecule has 0 saturated carbocycles. The molecule has 0 fully saturated rings. The van der Waals surface area contributed by atoms with Crippen LogP contribution in [0.15, 0.2) is 53.3 Å². The van der Waals surface area contributed by atoms with Crippen LogP contribution in [0.5, 0.6) is 5.75 Å². The fourth-order valence-electron chi connectivity index (χ4n) is 2.03. The minimum absolute atomic E-state index is 0.0385. The number of methoxy groups -OCH3 is 1. The van der Waals surface area contributed by atoms with Gasteiger partial charge in [0.15, 0.2) is 0 Å². The number of nitrogens with zero attached hydrogens (tertiary/aromatic N) is 1. The number of fused-ring (bicyclic) bond motifs is 1. The molecule has 0 atom stereocenters. The van der Waals surface area contributed by atoms with Crippen molar-refractivity contribution in [2.75, 3.05) is 7.11 Å². The van der Waals surface area contributed by atoms with Gasteiger partial charge in [0.2, 0.25) is 0 Å². The fraction of sp³-hybridized carbons (Fsp3) is 0.133. The summed E-state index contributed by atoms with van der Waals surface area (Å²) < 4.78 is 8.24. The van der Waals surface area contributed by atoms with Gasteiger partial charge in [-0.3, -0.25) is 0 Å². The Bertz CT molecular complexity index is 759. The summed E-state index contributed by atoms with van der Waals surface area (Å²) in [6, 6.07) is 15.8. The van der Waals surface area contributed by atoms with Crippen molar-refractivity contribution in [3.05, 3.63) is 64.4 Å². The van der Waals surface area contributed by atoms with Crippen molar-refractivity contribution in [2.45, 2.75) is 6.54 Å². The van der Waals surface area contributed by atoms with Gasteiger partial charge >= 0.3 is 117 Å². The molecule has 0 N–H and O–H groups in total. The standard InChI is InChI=1S/C15H13NO2Se/c1-18-12-7-8-13-14(9-12)19-16(15(13)17)10-11-5-3-2-4-6-11/h2-9H,10H2,1H3. The maximum absolute atomic E-state index is 12.3. The third-order valence-electron chi connectivity index (χ3n) is 3.02. The summed E-state index contributed by atoms with van der Waals surface area (Å²) in [5.41, 5.74) is 1.29. The van der Waals surface area contributed by atoms with E-state index in [1.807, 2.05) is 52.1 Å². The summed E-state index contributed by atoms with van der Waals surface area (Å²) in [5.74, 6) is 0.815. The van der Waals surface area contributed by atoms with E-state index in [0.29, 0.717) is 6.54 Å². The Balaban J connectivity index is 2.05. The van der Waals surface area contributed by atoms with Crippen molar-refractivity contribution in [3.8, 4) is 5.75 Å². The molecule has 0 aliphatic rings. The number of hydrogen-bond acceptors (Lipinski definition) is 2. The van der Waals surface area contributed by atoms with Gasteiger partial charge in [-0.25, -0.2) is 0 Å². The Morgan fingerprint density at radius 3 is 2.68 bits per heavy atom. The van der Waals surface area contributed by atoms with Crippen molar-refractivity contribution in [2.24, 2.45) is 0 Å². The van der Waals surface area contributed by atoms with Crippen molar-refractivity contribution < 1.29 is 4.74 Å².